The average Bonchev–Trinajstić information content (AvgIpc) is 3.41. The molecular formula is C36H38N4O3. The maximum Gasteiger partial charge on any atom is 0.307 e. The number of anilines is 1. The highest BCUT2D eigenvalue weighted by atomic mass is 16.5. The van der Waals surface area contributed by atoms with Crippen molar-refractivity contribution in [3.63, 3.8) is 0 Å². The Morgan fingerprint density at radius 3 is 2.49 bits per heavy atom. The summed E-state index contributed by atoms with van der Waals surface area (Å²) in [6, 6.07) is 27.1. The van der Waals surface area contributed by atoms with E-state index in [1.165, 1.54) is 30.5 Å². The molecule has 7 rings (SSSR count). The van der Waals surface area contributed by atoms with Gasteiger partial charge in [0.15, 0.2) is 0 Å². The summed E-state index contributed by atoms with van der Waals surface area (Å²) in [5.74, 6) is 0.345. The smallest absolute Gasteiger partial charge is 0.307 e. The molecule has 2 fully saturated rings. The lowest BCUT2D eigenvalue weighted by molar-refractivity contribution is -0.143. The van der Waals surface area contributed by atoms with E-state index in [1.807, 2.05) is 36.4 Å². The molecule has 5 aromatic rings. The first-order chi connectivity index (χ1) is 21.1. The van der Waals surface area contributed by atoms with Crippen molar-refractivity contribution in [1.82, 2.24) is 14.5 Å². The van der Waals surface area contributed by atoms with Gasteiger partial charge in [-0.15, -0.1) is 0 Å². The quantitative estimate of drug-likeness (QED) is 0.206. The number of imidazole rings is 1. The number of carboxylic acid groups (broad SMARTS) is 1. The monoisotopic (exact) mass is 574 g/mol. The Bertz CT molecular complexity index is 1740. The van der Waals surface area contributed by atoms with Gasteiger partial charge in [-0.2, -0.15) is 0 Å². The lowest BCUT2D eigenvalue weighted by atomic mass is 9.78. The van der Waals surface area contributed by atoms with Crippen LogP contribution in [0.15, 0.2) is 78.9 Å². The number of pyridine rings is 1. The number of piperidine rings is 1. The zero-order chi connectivity index (χ0) is 29.2. The van der Waals surface area contributed by atoms with Gasteiger partial charge in [0.05, 0.1) is 28.2 Å². The van der Waals surface area contributed by atoms with Crippen LogP contribution in [0.2, 0.25) is 0 Å². The predicted molar refractivity (Wildman–Crippen MR) is 170 cm³/mol. The minimum Gasteiger partial charge on any atom is -0.487 e. The molecule has 0 spiro atoms. The minimum absolute atomic E-state index is 0.113. The molecule has 1 N–H and O–H groups in total. The van der Waals surface area contributed by atoms with Crippen LogP contribution in [0.25, 0.3) is 21.9 Å². The second-order valence-corrected chi connectivity index (χ2v) is 12.0. The molecule has 0 radical (unpaired) electrons. The SMILES string of the molecule is O=C(O)[C@H]1CCCC[C@H]1c1nc2cc(OCc3ccc4ccccc4n3)ccc2n1Cc1ccc(N2CCCCC2)cc1. The highest BCUT2D eigenvalue weighted by Gasteiger charge is 2.35. The Morgan fingerprint density at radius 1 is 0.837 bits per heavy atom. The first-order valence-corrected chi connectivity index (χ1v) is 15.7. The number of para-hydroxylation sites is 1. The molecule has 0 unspecified atom stereocenters. The van der Waals surface area contributed by atoms with Gasteiger partial charge in [-0.25, -0.2) is 9.97 Å². The van der Waals surface area contributed by atoms with Gasteiger partial charge in [-0.05, 0) is 74.1 Å². The minimum atomic E-state index is -0.721. The summed E-state index contributed by atoms with van der Waals surface area (Å²) in [6.45, 7) is 3.25. The summed E-state index contributed by atoms with van der Waals surface area (Å²) in [5.41, 5.74) is 6.11. The number of nitrogens with zero attached hydrogens (tertiary/aromatic N) is 4. The summed E-state index contributed by atoms with van der Waals surface area (Å²) >= 11 is 0. The largest absolute Gasteiger partial charge is 0.487 e. The van der Waals surface area contributed by atoms with E-state index in [1.54, 1.807) is 0 Å². The predicted octanol–water partition coefficient (Wildman–Crippen LogP) is 7.56. The lowest BCUT2D eigenvalue weighted by Gasteiger charge is -2.29. The molecule has 43 heavy (non-hydrogen) atoms. The van der Waals surface area contributed by atoms with Crippen molar-refractivity contribution in [3.8, 4) is 5.75 Å². The fourth-order valence-electron chi connectivity index (χ4n) is 6.90. The molecule has 2 aromatic heterocycles. The van der Waals surface area contributed by atoms with E-state index in [4.69, 9.17) is 14.7 Å². The van der Waals surface area contributed by atoms with E-state index in [0.717, 1.165) is 71.6 Å². The average molecular weight is 575 g/mol. The normalized spacial score (nSPS) is 19.1. The van der Waals surface area contributed by atoms with Crippen molar-refractivity contribution in [3.05, 3.63) is 95.9 Å². The van der Waals surface area contributed by atoms with E-state index in [9.17, 15) is 9.90 Å². The Hall–Kier alpha value is -4.39. The molecule has 2 atom stereocenters. The number of hydrogen-bond acceptors (Lipinski definition) is 5. The number of rotatable bonds is 8. The number of carboxylic acids is 1. The van der Waals surface area contributed by atoms with Crippen LogP contribution in [-0.4, -0.2) is 38.7 Å². The van der Waals surface area contributed by atoms with Crippen molar-refractivity contribution in [2.45, 2.75) is 64.0 Å². The third-order valence-electron chi connectivity index (χ3n) is 9.21. The Morgan fingerprint density at radius 2 is 1.65 bits per heavy atom. The van der Waals surface area contributed by atoms with E-state index < -0.39 is 11.9 Å². The number of ether oxygens (including phenoxy) is 1. The van der Waals surface area contributed by atoms with Crippen LogP contribution in [-0.2, 0) is 17.9 Å². The molecular weight excluding hydrogens is 536 g/mol. The molecule has 3 heterocycles. The Kier molecular flexibility index (Phi) is 7.71. The Labute approximate surface area is 252 Å². The molecule has 7 nitrogen and oxygen atoms in total. The van der Waals surface area contributed by atoms with Crippen LogP contribution in [0.5, 0.6) is 5.75 Å². The van der Waals surface area contributed by atoms with Gasteiger partial charge in [0.1, 0.15) is 18.2 Å². The number of aromatic nitrogens is 3. The highest BCUT2D eigenvalue weighted by Crippen LogP contribution is 2.39. The lowest BCUT2D eigenvalue weighted by Crippen LogP contribution is -2.29. The van der Waals surface area contributed by atoms with Crippen LogP contribution in [0.4, 0.5) is 5.69 Å². The van der Waals surface area contributed by atoms with Gasteiger partial charge >= 0.3 is 5.97 Å². The second-order valence-electron chi connectivity index (χ2n) is 12.0. The molecule has 1 aliphatic carbocycles. The molecule has 7 heteroatoms. The van der Waals surface area contributed by atoms with Gasteiger partial charge < -0.3 is 19.3 Å². The van der Waals surface area contributed by atoms with Crippen LogP contribution in [0.1, 0.15) is 67.9 Å². The molecule has 0 amide bonds. The van der Waals surface area contributed by atoms with Crippen LogP contribution in [0, 0.1) is 5.92 Å². The van der Waals surface area contributed by atoms with Crippen molar-refractivity contribution in [2.24, 2.45) is 5.92 Å². The molecule has 1 aliphatic heterocycles. The van der Waals surface area contributed by atoms with E-state index >= 15 is 0 Å². The van der Waals surface area contributed by atoms with Crippen molar-refractivity contribution in [2.75, 3.05) is 18.0 Å². The number of aliphatic carboxylic acids is 1. The summed E-state index contributed by atoms with van der Waals surface area (Å²) in [4.78, 5) is 24.6. The zero-order valence-corrected chi connectivity index (χ0v) is 24.5. The third-order valence-corrected chi connectivity index (χ3v) is 9.21. The molecule has 0 bridgehead atoms. The van der Waals surface area contributed by atoms with Crippen molar-refractivity contribution >= 4 is 33.6 Å². The summed E-state index contributed by atoms with van der Waals surface area (Å²) < 4.78 is 8.42. The van der Waals surface area contributed by atoms with Gasteiger partial charge in [-0.3, -0.25) is 4.79 Å². The summed E-state index contributed by atoms with van der Waals surface area (Å²) in [7, 11) is 0. The van der Waals surface area contributed by atoms with Crippen LogP contribution >= 0.6 is 0 Å². The molecule has 2 aliphatic rings. The van der Waals surface area contributed by atoms with Crippen LogP contribution in [0.3, 0.4) is 0 Å². The fourth-order valence-corrected chi connectivity index (χ4v) is 6.90. The van der Waals surface area contributed by atoms with Crippen molar-refractivity contribution in [1.29, 1.82) is 0 Å². The molecule has 220 valence electrons. The summed E-state index contributed by atoms with van der Waals surface area (Å²) in [5, 5.41) is 11.2. The van der Waals surface area contributed by atoms with Gasteiger partial charge in [0.2, 0.25) is 0 Å². The maximum absolute atomic E-state index is 12.3. The van der Waals surface area contributed by atoms with E-state index in [-0.39, 0.29) is 5.92 Å². The molecule has 1 saturated carbocycles. The number of hydrogen-bond donors (Lipinski definition) is 1. The molecule has 1 saturated heterocycles. The third kappa shape index (κ3) is 5.81. The van der Waals surface area contributed by atoms with E-state index in [2.05, 4.69) is 51.9 Å². The topological polar surface area (TPSA) is 80.5 Å². The Balaban J connectivity index is 1.18. The summed E-state index contributed by atoms with van der Waals surface area (Å²) in [6.07, 6.45) is 7.33. The van der Waals surface area contributed by atoms with Crippen molar-refractivity contribution < 1.29 is 14.6 Å². The first kappa shape index (κ1) is 27.4. The number of fused-ring (bicyclic) bond motifs is 2. The fraction of sp³-hybridized carbons (Fsp3) is 0.361. The van der Waals surface area contributed by atoms with E-state index in [0.29, 0.717) is 19.6 Å². The van der Waals surface area contributed by atoms with Gasteiger partial charge in [0, 0.05) is 42.7 Å². The van der Waals surface area contributed by atoms with Gasteiger partial charge in [0.25, 0.3) is 0 Å². The number of benzene rings is 3. The first-order valence-electron chi connectivity index (χ1n) is 15.7. The van der Waals surface area contributed by atoms with Gasteiger partial charge in [-0.1, -0.05) is 49.2 Å². The zero-order valence-electron chi connectivity index (χ0n) is 24.5. The second kappa shape index (κ2) is 12.1. The van der Waals surface area contributed by atoms with Crippen LogP contribution < -0.4 is 9.64 Å². The maximum atomic E-state index is 12.3. The standard InChI is InChI=1S/C36H38N4O3/c41-36(42)31-10-4-3-9-30(31)35-38-33-22-29(43-24-27-15-14-26-8-2-5-11-32(26)37-27)18-19-34(33)40(35)23-25-12-16-28(17-13-25)39-20-6-1-7-21-39/h2,5,8,11-19,22,30-31H,1,3-4,6-7,9-10,20-21,23-24H2,(H,41,42)/t30-,31+/m1/s1. The molecule has 3 aromatic carbocycles. The highest BCUT2D eigenvalue weighted by molar-refractivity contribution is 5.79. The number of carbonyl (C=O) groups is 1.